The number of carbonyl (C=O) groups is 1. The smallest absolute Gasteiger partial charge is 0.161 e. The molecular weight excluding hydrogens is 266 g/mol. The fourth-order valence-corrected chi connectivity index (χ4v) is 3.70. The monoisotopic (exact) mass is 289 g/mol. The first-order valence-electron chi connectivity index (χ1n) is 7.72. The third kappa shape index (κ3) is 2.77. The van der Waals surface area contributed by atoms with Crippen LogP contribution in [0.15, 0.2) is 18.2 Å². The van der Waals surface area contributed by atoms with Gasteiger partial charge in [0.25, 0.3) is 0 Å². The number of carbonyl (C=O) groups excluding carboxylic acids is 1. The number of hydrogen-bond acceptors (Lipinski definition) is 4. The van der Waals surface area contributed by atoms with Gasteiger partial charge in [-0.05, 0) is 37.1 Å². The molecule has 2 heterocycles. The Hall–Kier alpha value is -1.55. The van der Waals surface area contributed by atoms with E-state index in [9.17, 15) is 4.79 Å². The first kappa shape index (κ1) is 14.4. The highest BCUT2D eigenvalue weighted by atomic mass is 16.5. The zero-order chi connectivity index (χ0) is 14.8. The Kier molecular flexibility index (Phi) is 4.15. The molecule has 2 aliphatic rings. The van der Waals surface area contributed by atoms with Crippen molar-refractivity contribution < 1.29 is 14.3 Å². The van der Waals surface area contributed by atoms with Gasteiger partial charge in [-0.25, -0.2) is 0 Å². The van der Waals surface area contributed by atoms with E-state index < -0.39 is 0 Å². The van der Waals surface area contributed by atoms with E-state index in [-0.39, 0.29) is 6.04 Å². The summed E-state index contributed by atoms with van der Waals surface area (Å²) in [4.78, 5) is 14.6. The van der Waals surface area contributed by atoms with Crippen molar-refractivity contribution in [2.24, 2.45) is 0 Å². The molecule has 2 fully saturated rings. The van der Waals surface area contributed by atoms with E-state index in [2.05, 4.69) is 11.0 Å². The highest BCUT2D eigenvalue weighted by Crippen LogP contribution is 2.39. The lowest BCUT2D eigenvalue weighted by atomic mass is 9.85. The van der Waals surface area contributed by atoms with Crippen molar-refractivity contribution in [1.29, 1.82) is 0 Å². The van der Waals surface area contributed by atoms with Crippen molar-refractivity contribution >= 4 is 5.78 Å². The SMILES string of the molecule is COc1ccc([C@@H]2CC(=O)C[C@H]3CCCCN32)cc1OC. The lowest BCUT2D eigenvalue weighted by Gasteiger charge is -2.44. The molecule has 0 spiro atoms. The van der Waals surface area contributed by atoms with Crippen LogP contribution in [0.5, 0.6) is 11.5 Å². The van der Waals surface area contributed by atoms with Crippen LogP contribution < -0.4 is 9.47 Å². The van der Waals surface area contributed by atoms with E-state index in [1.54, 1.807) is 14.2 Å². The lowest BCUT2D eigenvalue weighted by molar-refractivity contribution is -0.126. The van der Waals surface area contributed by atoms with E-state index >= 15 is 0 Å². The topological polar surface area (TPSA) is 38.8 Å². The van der Waals surface area contributed by atoms with Crippen LogP contribution in [0.1, 0.15) is 43.7 Å². The van der Waals surface area contributed by atoms with Crippen LogP contribution >= 0.6 is 0 Å². The summed E-state index contributed by atoms with van der Waals surface area (Å²) in [5.74, 6) is 1.86. The van der Waals surface area contributed by atoms with Gasteiger partial charge in [0.2, 0.25) is 0 Å². The van der Waals surface area contributed by atoms with Gasteiger partial charge in [-0.15, -0.1) is 0 Å². The molecule has 1 aromatic rings. The second kappa shape index (κ2) is 6.06. The largest absolute Gasteiger partial charge is 0.493 e. The quantitative estimate of drug-likeness (QED) is 0.857. The highest BCUT2D eigenvalue weighted by Gasteiger charge is 2.36. The summed E-state index contributed by atoms with van der Waals surface area (Å²) in [5.41, 5.74) is 1.16. The number of rotatable bonds is 3. The van der Waals surface area contributed by atoms with Crippen LogP contribution in [0.25, 0.3) is 0 Å². The molecule has 114 valence electrons. The summed E-state index contributed by atoms with van der Waals surface area (Å²) in [5, 5.41) is 0. The maximum atomic E-state index is 12.1. The highest BCUT2D eigenvalue weighted by molar-refractivity contribution is 5.80. The van der Waals surface area contributed by atoms with E-state index in [4.69, 9.17) is 9.47 Å². The maximum absolute atomic E-state index is 12.1. The van der Waals surface area contributed by atoms with E-state index in [0.717, 1.165) is 36.4 Å². The molecule has 4 nitrogen and oxygen atoms in total. The number of benzene rings is 1. The molecule has 21 heavy (non-hydrogen) atoms. The van der Waals surface area contributed by atoms with E-state index in [1.807, 2.05) is 12.1 Å². The third-order valence-electron chi connectivity index (χ3n) is 4.75. The maximum Gasteiger partial charge on any atom is 0.161 e. The molecule has 0 aliphatic carbocycles. The number of ketones is 1. The van der Waals surface area contributed by atoms with Crippen molar-refractivity contribution in [3.63, 3.8) is 0 Å². The minimum Gasteiger partial charge on any atom is -0.493 e. The van der Waals surface area contributed by atoms with E-state index in [0.29, 0.717) is 18.2 Å². The molecule has 4 heteroatoms. The summed E-state index contributed by atoms with van der Waals surface area (Å²) >= 11 is 0. The van der Waals surface area contributed by atoms with Crippen LogP contribution in [0.3, 0.4) is 0 Å². The van der Waals surface area contributed by atoms with Gasteiger partial charge in [-0.2, -0.15) is 0 Å². The second-order valence-electron chi connectivity index (χ2n) is 5.96. The fraction of sp³-hybridized carbons (Fsp3) is 0.588. The first-order chi connectivity index (χ1) is 10.2. The Morgan fingerprint density at radius 1 is 1.10 bits per heavy atom. The number of hydrogen-bond donors (Lipinski definition) is 0. The molecule has 0 saturated carbocycles. The lowest BCUT2D eigenvalue weighted by Crippen LogP contribution is -2.47. The van der Waals surface area contributed by atoms with Crippen LogP contribution in [0.2, 0.25) is 0 Å². The average Bonchev–Trinajstić information content (AvgIpc) is 2.53. The van der Waals surface area contributed by atoms with Gasteiger partial charge >= 0.3 is 0 Å². The van der Waals surface area contributed by atoms with Crippen LogP contribution in [-0.2, 0) is 4.79 Å². The van der Waals surface area contributed by atoms with Crippen molar-refractivity contribution in [2.45, 2.75) is 44.2 Å². The predicted molar refractivity (Wildman–Crippen MR) is 80.9 cm³/mol. The predicted octanol–water partition coefficient (Wildman–Crippen LogP) is 2.96. The van der Waals surface area contributed by atoms with Gasteiger partial charge < -0.3 is 9.47 Å². The summed E-state index contributed by atoms with van der Waals surface area (Å²) < 4.78 is 10.7. The number of methoxy groups -OCH3 is 2. The summed E-state index contributed by atoms with van der Waals surface area (Å²) in [7, 11) is 3.29. The molecule has 0 aromatic heterocycles. The van der Waals surface area contributed by atoms with Crippen LogP contribution in [0, 0.1) is 0 Å². The van der Waals surface area contributed by atoms with Crippen molar-refractivity contribution in [3.05, 3.63) is 23.8 Å². The van der Waals surface area contributed by atoms with Crippen molar-refractivity contribution in [1.82, 2.24) is 4.90 Å². The standard InChI is InChI=1S/C17H23NO3/c1-20-16-7-6-12(9-17(16)21-2)15-11-14(19)10-13-5-3-4-8-18(13)15/h6-7,9,13,15H,3-5,8,10-11H2,1-2H3/t13-,15+/m1/s1. The summed E-state index contributed by atoms with van der Waals surface area (Å²) in [6, 6.07) is 6.64. The number of ether oxygens (including phenoxy) is 2. The molecule has 2 aliphatic heterocycles. The Balaban J connectivity index is 1.91. The molecule has 0 bridgehead atoms. The normalized spacial score (nSPS) is 26.3. The molecule has 0 unspecified atom stereocenters. The average molecular weight is 289 g/mol. The molecule has 2 saturated heterocycles. The zero-order valence-electron chi connectivity index (χ0n) is 12.8. The van der Waals surface area contributed by atoms with E-state index in [1.165, 1.54) is 12.8 Å². The van der Waals surface area contributed by atoms with Gasteiger partial charge in [0, 0.05) is 24.9 Å². The zero-order valence-corrected chi connectivity index (χ0v) is 12.8. The molecule has 3 rings (SSSR count). The molecule has 1 aromatic carbocycles. The van der Waals surface area contributed by atoms with Gasteiger partial charge in [-0.3, -0.25) is 9.69 Å². The minimum atomic E-state index is 0.191. The number of nitrogens with zero attached hydrogens (tertiary/aromatic N) is 1. The molecule has 0 N–H and O–H groups in total. The van der Waals surface area contributed by atoms with Crippen molar-refractivity contribution in [3.8, 4) is 11.5 Å². The molecular formula is C17H23NO3. The minimum absolute atomic E-state index is 0.191. The van der Waals surface area contributed by atoms with Crippen LogP contribution in [-0.4, -0.2) is 37.5 Å². The summed E-state index contributed by atoms with van der Waals surface area (Å²) in [6.07, 6.45) is 4.97. The van der Waals surface area contributed by atoms with Crippen molar-refractivity contribution in [2.75, 3.05) is 20.8 Å². The Bertz CT molecular complexity index is 529. The van der Waals surface area contributed by atoms with Gasteiger partial charge in [-0.1, -0.05) is 12.5 Å². The fourth-order valence-electron chi connectivity index (χ4n) is 3.70. The van der Waals surface area contributed by atoms with Gasteiger partial charge in [0.15, 0.2) is 11.5 Å². The Labute approximate surface area is 126 Å². The summed E-state index contributed by atoms with van der Waals surface area (Å²) in [6.45, 7) is 1.09. The second-order valence-corrected chi connectivity index (χ2v) is 5.96. The molecule has 2 atom stereocenters. The Morgan fingerprint density at radius 3 is 2.67 bits per heavy atom. The van der Waals surface area contributed by atoms with Crippen LogP contribution in [0.4, 0.5) is 0 Å². The molecule has 0 radical (unpaired) electrons. The van der Waals surface area contributed by atoms with Gasteiger partial charge in [0.1, 0.15) is 5.78 Å². The number of piperidine rings is 2. The van der Waals surface area contributed by atoms with Gasteiger partial charge in [0.05, 0.1) is 14.2 Å². The number of fused-ring (bicyclic) bond motifs is 1. The number of Topliss-reactive ketones (excluding diaryl/α,β-unsaturated/α-hetero) is 1. The molecule has 0 amide bonds. The first-order valence-corrected chi connectivity index (χ1v) is 7.72. The Morgan fingerprint density at radius 2 is 1.90 bits per heavy atom. The third-order valence-corrected chi connectivity index (χ3v) is 4.75.